The van der Waals surface area contributed by atoms with Crippen LogP contribution in [-0.2, 0) is 32.6 Å². The molecular weight excluding hydrogens is 493 g/mol. The minimum absolute atomic E-state index is 0.0707. The number of nitrogens with zero attached hydrogens (tertiary/aromatic N) is 2. The first-order valence-corrected chi connectivity index (χ1v) is 14.8. The van der Waals surface area contributed by atoms with Crippen LogP contribution in [0.2, 0.25) is 0 Å². The lowest BCUT2D eigenvalue weighted by Crippen LogP contribution is -2.49. The van der Waals surface area contributed by atoms with E-state index in [0.717, 1.165) is 43.9 Å². The molecule has 0 unspecified atom stereocenters. The Labute approximate surface area is 220 Å². The predicted octanol–water partition coefficient (Wildman–Crippen LogP) is 4.41. The largest absolute Gasteiger partial charge is 0.352 e. The number of amides is 2. The van der Waals surface area contributed by atoms with E-state index in [-0.39, 0.29) is 49.6 Å². The van der Waals surface area contributed by atoms with E-state index in [1.807, 2.05) is 19.1 Å². The monoisotopic (exact) mass is 531 g/mol. The maximum Gasteiger partial charge on any atom is 0.242 e. The summed E-state index contributed by atoms with van der Waals surface area (Å²) in [5.74, 6) is -0.842. The van der Waals surface area contributed by atoms with Gasteiger partial charge in [-0.1, -0.05) is 44.0 Å². The summed E-state index contributed by atoms with van der Waals surface area (Å²) in [5, 5.41) is 3.05. The number of anilines is 1. The Morgan fingerprint density at radius 1 is 1.03 bits per heavy atom. The van der Waals surface area contributed by atoms with E-state index in [9.17, 15) is 22.4 Å². The Morgan fingerprint density at radius 3 is 2.19 bits per heavy atom. The summed E-state index contributed by atoms with van der Waals surface area (Å²) in [5.41, 5.74) is 2.37. The van der Waals surface area contributed by atoms with Crippen molar-refractivity contribution in [1.82, 2.24) is 10.2 Å². The summed E-state index contributed by atoms with van der Waals surface area (Å²) in [4.78, 5) is 27.8. The lowest BCUT2D eigenvalue weighted by Gasteiger charge is -2.30. The van der Waals surface area contributed by atoms with Crippen molar-refractivity contribution in [3.63, 3.8) is 0 Å². The number of hydrogen-bond acceptors (Lipinski definition) is 4. The molecule has 1 aliphatic rings. The van der Waals surface area contributed by atoms with Crippen molar-refractivity contribution in [3.05, 3.63) is 65.5 Å². The Hall–Kier alpha value is -2.94. The third kappa shape index (κ3) is 8.28. The van der Waals surface area contributed by atoms with Crippen LogP contribution in [0.25, 0.3) is 0 Å². The molecule has 0 heterocycles. The lowest BCUT2D eigenvalue weighted by molar-refractivity contribution is -0.141. The molecule has 2 aromatic rings. The minimum Gasteiger partial charge on any atom is -0.352 e. The number of hydrogen-bond donors (Lipinski definition) is 1. The van der Waals surface area contributed by atoms with E-state index in [2.05, 4.69) is 5.32 Å². The van der Waals surface area contributed by atoms with Gasteiger partial charge in [0.15, 0.2) is 0 Å². The fourth-order valence-electron chi connectivity index (χ4n) is 4.66. The zero-order chi connectivity index (χ0) is 27.0. The van der Waals surface area contributed by atoms with Crippen LogP contribution in [0, 0.1) is 5.82 Å². The van der Waals surface area contributed by atoms with Crippen LogP contribution < -0.4 is 9.62 Å². The van der Waals surface area contributed by atoms with Gasteiger partial charge in [0.05, 0.1) is 11.9 Å². The average molecular weight is 532 g/mol. The van der Waals surface area contributed by atoms with Gasteiger partial charge in [-0.3, -0.25) is 13.9 Å². The summed E-state index contributed by atoms with van der Waals surface area (Å²) >= 11 is 0. The molecule has 1 saturated carbocycles. The topological polar surface area (TPSA) is 86.8 Å². The Kier molecular flexibility index (Phi) is 10.1. The molecule has 9 heteroatoms. The first-order chi connectivity index (χ1) is 17.6. The van der Waals surface area contributed by atoms with Gasteiger partial charge in [0, 0.05) is 25.6 Å². The van der Waals surface area contributed by atoms with Crippen molar-refractivity contribution in [2.24, 2.45) is 0 Å². The molecule has 1 atom stereocenters. The van der Waals surface area contributed by atoms with Gasteiger partial charge in [0.2, 0.25) is 21.8 Å². The molecule has 1 fully saturated rings. The van der Waals surface area contributed by atoms with Crippen LogP contribution in [0.5, 0.6) is 0 Å². The van der Waals surface area contributed by atoms with E-state index >= 15 is 0 Å². The predicted molar refractivity (Wildman–Crippen MR) is 144 cm³/mol. The molecule has 0 bridgehead atoms. The standard InChI is InChI=1S/C28H38FN3O4S/c1-4-22-13-17-26(18-14-22)32(37(3,35)36)19-7-10-27(33)31(20-23-11-15-24(29)16-12-23)21(2)28(34)30-25-8-5-6-9-25/h11-18,21,25H,4-10,19-20H2,1-3H3,(H,30,34)/t21-/m0/s1. The normalized spacial score (nSPS) is 14.8. The van der Waals surface area contributed by atoms with Gasteiger partial charge in [-0.25, -0.2) is 12.8 Å². The number of nitrogens with one attached hydrogen (secondary N) is 1. The maximum absolute atomic E-state index is 13.4. The number of rotatable bonds is 12. The molecule has 2 aromatic carbocycles. The molecule has 0 spiro atoms. The van der Waals surface area contributed by atoms with Crippen LogP contribution in [0.4, 0.5) is 10.1 Å². The molecular formula is C28H38FN3O4S. The van der Waals surface area contributed by atoms with Crippen molar-refractivity contribution >= 4 is 27.5 Å². The van der Waals surface area contributed by atoms with Crippen molar-refractivity contribution in [2.45, 2.75) is 77.4 Å². The third-order valence-corrected chi connectivity index (χ3v) is 8.11. The van der Waals surface area contributed by atoms with Gasteiger partial charge >= 0.3 is 0 Å². The van der Waals surface area contributed by atoms with Crippen molar-refractivity contribution in [1.29, 1.82) is 0 Å². The lowest BCUT2D eigenvalue weighted by atomic mass is 10.1. The molecule has 1 aliphatic carbocycles. The summed E-state index contributed by atoms with van der Waals surface area (Å²) in [7, 11) is -3.54. The quantitative estimate of drug-likeness (QED) is 0.440. The van der Waals surface area contributed by atoms with E-state index < -0.39 is 16.1 Å². The van der Waals surface area contributed by atoms with Gasteiger partial charge in [-0.05, 0) is 68.0 Å². The number of carbonyl (C=O) groups is 2. The fraction of sp³-hybridized carbons (Fsp3) is 0.500. The van der Waals surface area contributed by atoms with Crippen LogP contribution >= 0.6 is 0 Å². The van der Waals surface area contributed by atoms with Gasteiger partial charge in [0.25, 0.3) is 0 Å². The van der Waals surface area contributed by atoms with Crippen LogP contribution in [-0.4, -0.2) is 50.0 Å². The zero-order valence-corrected chi connectivity index (χ0v) is 22.8. The van der Waals surface area contributed by atoms with Crippen molar-refractivity contribution in [2.75, 3.05) is 17.1 Å². The highest BCUT2D eigenvalue weighted by atomic mass is 32.2. The number of sulfonamides is 1. The first kappa shape index (κ1) is 28.6. The van der Waals surface area contributed by atoms with Crippen LogP contribution in [0.15, 0.2) is 48.5 Å². The molecule has 0 radical (unpaired) electrons. The Morgan fingerprint density at radius 2 is 1.62 bits per heavy atom. The zero-order valence-electron chi connectivity index (χ0n) is 22.0. The fourth-order valence-corrected chi connectivity index (χ4v) is 5.63. The Bertz CT molecular complexity index is 1150. The number of carbonyl (C=O) groups excluding carboxylic acids is 2. The molecule has 202 valence electrons. The van der Waals surface area contributed by atoms with E-state index in [1.165, 1.54) is 21.3 Å². The summed E-state index contributed by atoms with van der Waals surface area (Å²) in [6.45, 7) is 4.03. The highest BCUT2D eigenvalue weighted by Gasteiger charge is 2.28. The number of benzene rings is 2. The molecule has 0 saturated heterocycles. The van der Waals surface area contributed by atoms with Gasteiger partial charge in [0.1, 0.15) is 11.9 Å². The minimum atomic E-state index is -3.54. The number of halogens is 1. The first-order valence-electron chi connectivity index (χ1n) is 13.0. The van der Waals surface area contributed by atoms with Crippen molar-refractivity contribution in [3.8, 4) is 0 Å². The van der Waals surface area contributed by atoms with Crippen LogP contribution in [0.3, 0.4) is 0 Å². The molecule has 2 amide bonds. The SMILES string of the molecule is CCc1ccc(N(CCCC(=O)N(Cc2ccc(F)cc2)[C@@H](C)C(=O)NC2CCCC2)S(C)(=O)=O)cc1. The summed E-state index contributed by atoms with van der Waals surface area (Å²) < 4.78 is 39.7. The highest BCUT2D eigenvalue weighted by molar-refractivity contribution is 7.92. The second-order valence-electron chi connectivity index (χ2n) is 9.77. The molecule has 0 aliphatic heterocycles. The Balaban J connectivity index is 1.70. The van der Waals surface area contributed by atoms with Gasteiger partial charge in [-0.15, -0.1) is 0 Å². The second kappa shape index (κ2) is 13.0. The second-order valence-corrected chi connectivity index (χ2v) is 11.7. The summed E-state index contributed by atoms with van der Waals surface area (Å²) in [6, 6.07) is 12.6. The van der Waals surface area contributed by atoms with Crippen molar-refractivity contribution < 1.29 is 22.4 Å². The molecule has 7 nitrogen and oxygen atoms in total. The van der Waals surface area contributed by atoms with Gasteiger partial charge < -0.3 is 10.2 Å². The molecule has 37 heavy (non-hydrogen) atoms. The molecule has 0 aromatic heterocycles. The maximum atomic E-state index is 13.4. The smallest absolute Gasteiger partial charge is 0.242 e. The molecule has 3 rings (SSSR count). The van der Waals surface area contributed by atoms with E-state index in [1.54, 1.807) is 31.2 Å². The van der Waals surface area contributed by atoms with Gasteiger partial charge in [-0.2, -0.15) is 0 Å². The van der Waals surface area contributed by atoms with E-state index in [0.29, 0.717) is 11.3 Å². The third-order valence-electron chi connectivity index (χ3n) is 6.92. The highest BCUT2D eigenvalue weighted by Crippen LogP contribution is 2.21. The van der Waals surface area contributed by atoms with Crippen LogP contribution in [0.1, 0.15) is 63.5 Å². The summed E-state index contributed by atoms with van der Waals surface area (Å²) in [6.07, 6.45) is 6.39. The average Bonchev–Trinajstić information content (AvgIpc) is 3.38. The molecule has 1 N–H and O–H groups in total. The van der Waals surface area contributed by atoms with E-state index in [4.69, 9.17) is 0 Å². The number of aryl methyl sites for hydroxylation is 1.